The van der Waals surface area contributed by atoms with E-state index in [9.17, 15) is 4.79 Å². The van der Waals surface area contributed by atoms with Gasteiger partial charge in [-0.3, -0.25) is 4.79 Å². The Bertz CT molecular complexity index is 1090. The van der Waals surface area contributed by atoms with Gasteiger partial charge in [0.1, 0.15) is 10.9 Å². The van der Waals surface area contributed by atoms with Crippen LogP contribution in [0.1, 0.15) is 51.2 Å². The lowest BCUT2D eigenvalue weighted by Gasteiger charge is -2.26. The molecule has 0 spiro atoms. The summed E-state index contributed by atoms with van der Waals surface area (Å²) in [7, 11) is 1.61. The van der Waals surface area contributed by atoms with E-state index in [1.165, 1.54) is 5.57 Å². The minimum atomic E-state index is -0.501. The normalized spacial score (nSPS) is 15.2. The van der Waals surface area contributed by atoms with Crippen molar-refractivity contribution in [2.24, 2.45) is 5.73 Å². The van der Waals surface area contributed by atoms with Gasteiger partial charge in [0.15, 0.2) is 0 Å². The van der Waals surface area contributed by atoms with Gasteiger partial charge in [0.2, 0.25) is 5.91 Å². The molecule has 0 aromatic heterocycles. The minimum Gasteiger partial charge on any atom is -0.497 e. The number of nitrogens with two attached hydrogens (primary N) is 1. The van der Waals surface area contributed by atoms with E-state index in [0.717, 1.165) is 35.1 Å². The summed E-state index contributed by atoms with van der Waals surface area (Å²) in [4.78, 5) is 13.3. The van der Waals surface area contributed by atoms with Crippen molar-refractivity contribution < 1.29 is 9.53 Å². The van der Waals surface area contributed by atoms with Crippen molar-refractivity contribution in [2.75, 3.05) is 7.11 Å². The Hall–Kier alpha value is -3.24. The predicted molar refractivity (Wildman–Crippen MR) is 140 cm³/mol. The molecular formula is C28H33ClN2O2. The number of carbonyl (C=O) groups excluding carboxylic acids is 1. The highest BCUT2D eigenvalue weighted by Crippen LogP contribution is 2.37. The topological polar surface area (TPSA) is 55.6 Å². The highest BCUT2D eigenvalue weighted by atomic mass is 35.5. The van der Waals surface area contributed by atoms with Crippen molar-refractivity contribution in [3.8, 4) is 0 Å². The van der Waals surface area contributed by atoms with Crippen LogP contribution in [0.3, 0.4) is 0 Å². The third-order valence-corrected chi connectivity index (χ3v) is 5.87. The maximum absolute atomic E-state index is 11.5. The summed E-state index contributed by atoms with van der Waals surface area (Å²) in [6.45, 7) is 14.4. The van der Waals surface area contributed by atoms with E-state index >= 15 is 0 Å². The van der Waals surface area contributed by atoms with E-state index < -0.39 is 5.91 Å². The van der Waals surface area contributed by atoms with E-state index in [2.05, 4.69) is 52.1 Å². The summed E-state index contributed by atoms with van der Waals surface area (Å²) < 4.78 is 5.23. The molecule has 2 rings (SSSR count). The fourth-order valence-corrected chi connectivity index (χ4v) is 4.08. The lowest BCUT2D eigenvalue weighted by atomic mass is 9.89. The summed E-state index contributed by atoms with van der Waals surface area (Å²) in [5.74, 6) is 0.0872. The van der Waals surface area contributed by atoms with Crippen LogP contribution in [0.2, 0.25) is 0 Å². The van der Waals surface area contributed by atoms with Gasteiger partial charge in [0, 0.05) is 17.5 Å². The first-order chi connectivity index (χ1) is 15.7. The zero-order valence-electron chi connectivity index (χ0n) is 20.0. The third kappa shape index (κ3) is 6.39. The molecule has 1 amide bonds. The molecule has 0 saturated heterocycles. The molecule has 4 nitrogen and oxygen atoms in total. The van der Waals surface area contributed by atoms with Gasteiger partial charge in [-0.1, -0.05) is 80.9 Å². The molecule has 1 heterocycles. The van der Waals surface area contributed by atoms with Crippen molar-refractivity contribution in [3.05, 3.63) is 107 Å². The van der Waals surface area contributed by atoms with Crippen LogP contribution in [-0.4, -0.2) is 17.9 Å². The third-order valence-electron chi connectivity index (χ3n) is 5.46. The van der Waals surface area contributed by atoms with Gasteiger partial charge in [-0.05, 0) is 60.3 Å². The smallest absolute Gasteiger partial charge is 0.248 e. The van der Waals surface area contributed by atoms with Gasteiger partial charge in [0.25, 0.3) is 0 Å². The van der Waals surface area contributed by atoms with Crippen LogP contribution in [0, 0.1) is 0 Å². The fourth-order valence-electron chi connectivity index (χ4n) is 3.68. The van der Waals surface area contributed by atoms with Crippen molar-refractivity contribution in [1.82, 2.24) is 4.90 Å². The van der Waals surface area contributed by atoms with Gasteiger partial charge in [0.05, 0.1) is 7.11 Å². The number of halogens is 1. The van der Waals surface area contributed by atoms with Crippen LogP contribution in [-0.2, 0) is 9.53 Å². The second kappa shape index (κ2) is 12.1. The Morgan fingerprint density at radius 2 is 1.88 bits per heavy atom. The van der Waals surface area contributed by atoms with Gasteiger partial charge in [-0.2, -0.15) is 0 Å². The molecule has 1 aliphatic rings. The van der Waals surface area contributed by atoms with Crippen molar-refractivity contribution in [1.29, 1.82) is 0 Å². The summed E-state index contributed by atoms with van der Waals surface area (Å²) in [6, 6.07) is 8.22. The largest absolute Gasteiger partial charge is 0.497 e. The number of methoxy groups -OCH3 is 1. The first-order valence-electron chi connectivity index (χ1n) is 11.0. The lowest BCUT2D eigenvalue weighted by molar-refractivity contribution is -0.114. The highest BCUT2D eigenvalue weighted by molar-refractivity contribution is 6.32. The van der Waals surface area contributed by atoms with E-state index in [1.807, 2.05) is 18.2 Å². The van der Waals surface area contributed by atoms with Crippen molar-refractivity contribution in [2.45, 2.75) is 40.0 Å². The van der Waals surface area contributed by atoms with E-state index in [0.29, 0.717) is 28.6 Å². The Morgan fingerprint density at radius 1 is 1.21 bits per heavy atom. The molecule has 0 aliphatic carbocycles. The summed E-state index contributed by atoms with van der Waals surface area (Å²) in [6.07, 6.45) is 11.7. The van der Waals surface area contributed by atoms with Crippen molar-refractivity contribution in [3.63, 3.8) is 0 Å². The minimum absolute atomic E-state index is 0.392. The van der Waals surface area contributed by atoms with Crippen LogP contribution in [0.4, 0.5) is 0 Å². The van der Waals surface area contributed by atoms with E-state index in [1.54, 1.807) is 30.4 Å². The number of amides is 1. The molecule has 0 atom stereocenters. The molecule has 0 bridgehead atoms. The average Bonchev–Trinajstić information content (AvgIpc) is 2.80. The summed E-state index contributed by atoms with van der Waals surface area (Å²) >= 11 is 6.93. The van der Waals surface area contributed by atoms with Crippen LogP contribution < -0.4 is 5.73 Å². The zero-order chi connectivity index (χ0) is 24.5. The molecule has 0 unspecified atom stereocenters. The molecule has 5 heteroatoms. The number of nitrogens with zero attached hydrogens (tertiary/aromatic N) is 1. The molecule has 0 saturated carbocycles. The van der Waals surface area contributed by atoms with Gasteiger partial charge in [-0.15, -0.1) is 0 Å². The number of rotatable bonds is 10. The van der Waals surface area contributed by atoms with Gasteiger partial charge < -0.3 is 15.4 Å². The first-order valence-corrected chi connectivity index (χ1v) is 11.4. The van der Waals surface area contributed by atoms with Crippen LogP contribution >= 0.6 is 11.6 Å². The maximum atomic E-state index is 11.5. The van der Waals surface area contributed by atoms with Crippen LogP contribution in [0.25, 0.3) is 11.1 Å². The molecule has 1 aromatic carbocycles. The number of benzene rings is 1. The van der Waals surface area contributed by atoms with Crippen LogP contribution in [0.15, 0.2) is 95.7 Å². The SMILES string of the molecule is C=C(/C=C\C(=C(\C)CCC)c1ccccc1/C(CC)=C(\Cl)N1C=CC(C(N)=O)=CC1=C)OC. The second-order valence-corrected chi connectivity index (χ2v) is 8.12. The summed E-state index contributed by atoms with van der Waals surface area (Å²) in [5.41, 5.74) is 11.8. The molecular weight excluding hydrogens is 432 g/mol. The molecule has 2 N–H and O–H groups in total. The second-order valence-electron chi connectivity index (χ2n) is 7.76. The molecule has 0 radical (unpaired) electrons. The molecule has 1 aromatic rings. The van der Waals surface area contributed by atoms with Crippen molar-refractivity contribution >= 4 is 28.7 Å². The number of primary amides is 1. The Morgan fingerprint density at radius 3 is 2.42 bits per heavy atom. The number of carbonyl (C=O) groups is 1. The quantitative estimate of drug-likeness (QED) is 0.229. The monoisotopic (exact) mass is 464 g/mol. The standard InChI is InChI=1S/C28H33ClN2O2/c1-7-11-19(3)24(15-14-21(5)33-6)26-13-10-9-12-25(26)23(8-2)27(29)31-17-16-22(28(30)32)18-20(31)4/h9-10,12-18H,4-5,7-8,11H2,1-3,6H3,(H2,30,32)/b15-14-,24-19+,27-23+. The van der Waals surface area contributed by atoms with Gasteiger partial charge in [-0.25, -0.2) is 0 Å². The fraction of sp³-hybridized carbons (Fsp3) is 0.250. The number of ether oxygens (including phenoxy) is 1. The molecule has 33 heavy (non-hydrogen) atoms. The van der Waals surface area contributed by atoms with E-state index in [4.69, 9.17) is 22.1 Å². The maximum Gasteiger partial charge on any atom is 0.248 e. The Kier molecular flexibility index (Phi) is 9.56. The zero-order valence-corrected chi connectivity index (χ0v) is 20.7. The molecule has 1 aliphatic heterocycles. The number of allylic oxidation sites excluding steroid dienone is 6. The highest BCUT2D eigenvalue weighted by Gasteiger charge is 2.20. The molecule has 174 valence electrons. The van der Waals surface area contributed by atoms with E-state index in [-0.39, 0.29) is 0 Å². The molecule has 0 fully saturated rings. The lowest BCUT2D eigenvalue weighted by Crippen LogP contribution is -2.20. The predicted octanol–water partition coefficient (Wildman–Crippen LogP) is 7.05. The Balaban J connectivity index is 2.65. The van der Waals surface area contributed by atoms with Crippen LogP contribution in [0.5, 0.6) is 0 Å². The van der Waals surface area contributed by atoms with Gasteiger partial charge >= 0.3 is 0 Å². The number of hydrogen-bond acceptors (Lipinski definition) is 3. The summed E-state index contributed by atoms with van der Waals surface area (Å²) in [5, 5.41) is 0.531. The first kappa shape index (κ1) is 26.0. The Labute approximate surface area is 202 Å². The average molecular weight is 465 g/mol. The number of hydrogen-bond donors (Lipinski definition) is 1.